The lowest BCUT2D eigenvalue weighted by molar-refractivity contribution is -0.385. The molecule has 24 heavy (non-hydrogen) atoms. The van der Waals surface area contributed by atoms with Crippen molar-refractivity contribution in [3.8, 4) is 11.5 Å². The summed E-state index contributed by atoms with van der Waals surface area (Å²) in [6.45, 7) is 1.69. The van der Waals surface area contributed by atoms with Crippen molar-refractivity contribution < 1.29 is 14.1 Å². The third-order valence-corrected chi connectivity index (χ3v) is 3.26. The van der Waals surface area contributed by atoms with Gasteiger partial charge in [-0.1, -0.05) is 12.1 Å². The van der Waals surface area contributed by atoms with Crippen LogP contribution in [0.25, 0.3) is 11.5 Å². The second-order valence-corrected chi connectivity index (χ2v) is 4.93. The minimum atomic E-state index is -0.587. The lowest BCUT2D eigenvalue weighted by Crippen LogP contribution is -2.13. The molecule has 8 nitrogen and oxygen atoms in total. The first-order valence-corrected chi connectivity index (χ1v) is 7.00. The number of hydrogen-bond acceptors (Lipinski definition) is 6. The number of aryl methyl sites for hydroxylation is 1. The Kier molecular flexibility index (Phi) is 4.02. The van der Waals surface area contributed by atoms with Crippen molar-refractivity contribution in [1.82, 2.24) is 10.2 Å². The molecular formula is C16H12N4O4. The first kappa shape index (κ1) is 15.3. The van der Waals surface area contributed by atoms with Crippen LogP contribution in [-0.4, -0.2) is 21.0 Å². The second kappa shape index (κ2) is 6.29. The fourth-order valence-corrected chi connectivity index (χ4v) is 2.13. The molecule has 3 rings (SSSR count). The Bertz CT molecular complexity index is 902. The topological polar surface area (TPSA) is 111 Å². The summed E-state index contributed by atoms with van der Waals surface area (Å²) >= 11 is 0. The number of hydrogen-bond donors (Lipinski definition) is 1. The van der Waals surface area contributed by atoms with Crippen LogP contribution in [0.2, 0.25) is 0 Å². The molecule has 0 bridgehead atoms. The number of nitro benzene ring substituents is 1. The van der Waals surface area contributed by atoms with Gasteiger partial charge >= 0.3 is 0 Å². The standard InChI is InChI=1S/C16H12N4O4/c1-10-18-19-16(24-10)11-6-8-12(9-7-11)17-15(21)13-4-2-3-5-14(13)20(22)23/h2-9H,1H3,(H,17,21). The Labute approximate surface area is 136 Å². The van der Waals surface area contributed by atoms with Crippen LogP contribution in [0.4, 0.5) is 11.4 Å². The van der Waals surface area contributed by atoms with Gasteiger partial charge in [0.15, 0.2) is 0 Å². The van der Waals surface area contributed by atoms with Crippen molar-refractivity contribution in [1.29, 1.82) is 0 Å². The van der Waals surface area contributed by atoms with Gasteiger partial charge in [0, 0.05) is 24.2 Å². The highest BCUT2D eigenvalue weighted by Crippen LogP contribution is 2.22. The van der Waals surface area contributed by atoms with Crippen LogP contribution in [0.3, 0.4) is 0 Å². The predicted octanol–water partition coefficient (Wildman–Crippen LogP) is 3.21. The first-order valence-electron chi connectivity index (χ1n) is 7.00. The quantitative estimate of drug-likeness (QED) is 0.582. The molecule has 8 heteroatoms. The van der Waals surface area contributed by atoms with Crippen molar-refractivity contribution in [2.45, 2.75) is 6.92 Å². The van der Waals surface area contributed by atoms with E-state index in [0.29, 0.717) is 23.0 Å². The minimum absolute atomic E-state index is 0.000831. The van der Waals surface area contributed by atoms with Gasteiger partial charge in [-0.25, -0.2) is 0 Å². The molecule has 0 atom stereocenters. The monoisotopic (exact) mass is 324 g/mol. The van der Waals surface area contributed by atoms with E-state index in [4.69, 9.17) is 4.42 Å². The zero-order valence-corrected chi connectivity index (χ0v) is 12.6. The van der Waals surface area contributed by atoms with Crippen molar-refractivity contribution in [2.75, 3.05) is 5.32 Å². The molecule has 0 saturated carbocycles. The summed E-state index contributed by atoms with van der Waals surface area (Å²) in [6, 6.07) is 12.5. The van der Waals surface area contributed by atoms with Gasteiger partial charge in [0.2, 0.25) is 11.8 Å². The number of carbonyl (C=O) groups is 1. The van der Waals surface area contributed by atoms with Gasteiger partial charge in [0.25, 0.3) is 11.6 Å². The molecule has 0 aliphatic heterocycles. The van der Waals surface area contributed by atoms with Crippen molar-refractivity contribution >= 4 is 17.3 Å². The molecule has 2 aromatic carbocycles. The lowest BCUT2D eigenvalue weighted by Gasteiger charge is -2.06. The van der Waals surface area contributed by atoms with Crippen molar-refractivity contribution in [2.24, 2.45) is 0 Å². The van der Waals surface area contributed by atoms with E-state index in [2.05, 4.69) is 15.5 Å². The van der Waals surface area contributed by atoms with E-state index in [1.807, 2.05) is 0 Å². The number of nitrogens with one attached hydrogen (secondary N) is 1. The van der Waals surface area contributed by atoms with Crippen LogP contribution in [0.15, 0.2) is 52.9 Å². The number of rotatable bonds is 4. The number of aromatic nitrogens is 2. The Balaban J connectivity index is 1.79. The summed E-state index contributed by atoms with van der Waals surface area (Å²) in [5.74, 6) is 0.284. The summed E-state index contributed by atoms with van der Waals surface area (Å²) in [4.78, 5) is 22.6. The van der Waals surface area contributed by atoms with Crippen molar-refractivity contribution in [3.05, 3.63) is 70.1 Å². The van der Waals surface area contributed by atoms with E-state index in [0.717, 1.165) is 0 Å². The van der Waals surface area contributed by atoms with E-state index < -0.39 is 10.8 Å². The summed E-state index contributed by atoms with van der Waals surface area (Å²) in [5, 5.41) is 21.3. The lowest BCUT2D eigenvalue weighted by atomic mass is 10.1. The molecule has 0 unspecified atom stereocenters. The van der Waals surface area contributed by atoms with Crippen LogP contribution in [0.5, 0.6) is 0 Å². The van der Waals surface area contributed by atoms with Crippen LogP contribution < -0.4 is 5.32 Å². The number of para-hydroxylation sites is 1. The molecule has 0 radical (unpaired) electrons. The third kappa shape index (κ3) is 3.12. The summed E-state index contributed by atoms with van der Waals surface area (Å²) in [5.41, 5.74) is 0.962. The number of carbonyl (C=O) groups excluding carboxylic acids is 1. The van der Waals surface area contributed by atoms with Crippen LogP contribution in [-0.2, 0) is 0 Å². The highest BCUT2D eigenvalue weighted by Gasteiger charge is 2.19. The fraction of sp³-hybridized carbons (Fsp3) is 0.0625. The van der Waals surface area contributed by atoms with Crippen molar-refractivity contribution in [3.63, 3.8) is 0 Å². The van der Waals surface area contributed by atoms with Gasteiger partial charge in [-0.15, -0.1) is 10.2 Å². The maximum Gasteiger partial charge on any atom is 0.282 e. The maximum absolute atomic E-state index is 12.2. The molecule has 1 N–H and O–H groups in total. The molecule has 0 saturated heterocycles. The number of amides is 1. The second-order valence-electron chi connectivity index (χ2n) is 4.93. The highest BCUT2D eigenvalue weighted by atomic mass is 16.6. The van der Waals surface area contributed by atoms with Crippen LogP contribution >= 0.6 is 0 Å². The average molecular weight is 324 g/mol. The fourth-order valence-electron chi connectivity index (χ4n) is 2.13. The summed E-state index contributed by atoms with van der Waals surface area (Å²) in [7, 11) is 0. The Hall–Kier alpha value is -3.55. The molecule has 120 valence electrons. The number of nitrogens with zero attached hydrogens (tertiary/aromatic N) is 3. The SMILES string of the molecule is Cc1nnc(-c2ccc(NC(=O)c3ccccc3[N+](=O)[O-])cc2)o1. The van der Waals surface area contributed by atoms with Gasteiger partial charge in [-0.05, 0) is 30.3 Å². The average Bonchev–Trinajstić information content (AvgIpc) is 3.02. The molecular weight excluding hydrogens is 312 g/mol. The number of benzene rings is 2. The zero-order chi connectivity index (χ0) is 17.1. The van der Waals surface area contributed by atoms with Gasteiger partial charge in [-0.3, -0.25) is 14.9 Å². The van der Waals surface area contributed by atoms with E-state index in [-0.39, 0.29) is 11.3 Å². The van der Waals surface area contributed by atoms with E-state index >= 15 is 0 Å². The Morgan fingerprint density at radius 2 is 1.83 bits per heavy atom. The first-order chi connectivity index (χ1) is 11.5. The van der Waals surface area contributed by atoms with Gasteiger partial charge in [0.05, 0.1) is 4.92 Å². The molecule has 0 fully saturated rings. The zero-order valence-electron chi connectivity index (χ0n) is 12.6. The molecule has 1 aromatic heterocycles. The molecule has 0 spiro atoms. The number of anilines is 1. The van der Waals surface area contributed by atoms with E-state index in [9.17, 15) is 14.9 Å². The summed E-state index contributed by atoms with van der Waals surface area (Å²) < 4.78 is 5.32. The highest BCUT2D eigenvalue weighted by molar-refractivity contribution is 6.07. The third-order valence-electron chi connectivity index (χ3n) is 3.26. The Morgan fingerprint density at radius 1 is 1.12 bits per heavy atom. The number of nitro groups is 1. The molecule has 1 heterocycles. The minimum Gasteiger partial charge on any atom is -0.421 e. The van der Waals surface area contributed by atoms with E-state index in [1.165, 1.54) is 18.2 Å². The smallest absolute Gasteiger partial charge is 0.282 e. The van der Waals surface area contributed by atoms with Crippen LogP contribution in [0.1, 0.15) is 16.2 Å². The molecule has 0 aliphatic carbocycles. The molecule has 3 aromatic rings. The van der Waals surface area contributed by atoms with E-state index in [1.54, 1.807) is 37.3 Å². The maximum atomic E-state index is 12.2. The predicted molar refractivity (Wildman–Crippen MR) is 85.5 cm³/mol. The largest absolute Gasteiger partial charge is 0.421 e. The van der Waals surface area contributed by atoms with Gasteiger partial charge < -0.3 is 9.73 Å². The van der Waals surface area contributed by atoms with Crippen LogP contribution in [0, 0.1) is 17.0 Å². The summed E-state index contributed by atoms with van der Waals surface area (Å²) in [6.07, 6.45) is 0. The molecule has 0 aliphatic rings. The van der Waals surface area contributed by atoms with Gasteiger partial charge in [-0.2, -0.15) is 0 Å². The van der Waals surface area contributed by atoms with Gasteiger partial charge in [0.1, 0.15) is 5.56 Å². The normalized spacial score (nSPS) is 10.4. The Morgan fingerprint density at radius 3 is 2.46 bits per heavy atom. The molecule has 1 amide bonds.